The van der Waals surface area contributed by atoms with E-state index in [1.54, 1.807) is 5.06 Å². The molecule has 6 nitrogen and oxygen atoms in total. The summed E-state index contributed by atoms with van der Waals surface area (Å²) in [5.41, 5.74) is 7.77. The Bertz CT molecular complexity index is 310. The topological polar surface area (TPSA) is 78.3 Å². The molecular weight excluding hydrogens is 220 g/mol. The highest BCUT2D eigenvalue weighted by atomic mass is 16.7. The zero-order valence-electron chi connectivity index (χ0n) is 10.7. The lowest BCUT2D eigenvalue weighted by Gasteiger charge is -2.31. The molecule has 0 spiro atoms. The van der Waals surface area contributed by atoms with Crippen molar-refractivity contribution in [2.75, 3.05) is 19.6 Å². The van der Waals surface area contributed by atoms with E-state index in [9.17, 15) is 4.79 Å². The molecule has 1 rings (SSSR count). The monoisotopic (exact) mass is 240 g/mol. The van der Waals surface area contributed by atoms with Crippen molar-refractivity contribution < 1.29 is 9.63 Å². The maximum absolute atomic E-state index is 11.7. The molecule has 0 N–H and O–H groups in total. The third kappa shape index (κ3) is 4.63. The second kappa shape index (κ2) is 5.89. The minimum absolute atomic E-state index is 0.203. The Morgan fingerprint density at radius 2 is 2.06 bits per heavy atom. The standard InChI is InChI=1S/C11H20N4O2/c1-11(2,3)10(16)17-15-6-4-9(5-7-15)8-13-14-12/h9H,4-8H2,1-3H3. The molecule has 0 radical (unpaired) electrons. The fourth-order valence-electron chi connectivity index (χ4n) is 1.59. The summed E-state index contributed by atoms with van der Waals surface area (Å²) in [6.45, 7) is 7.48. The van der Waals surface area contributed by atoms with Crippen molar-refractivity contribution in [3.63, 3.8) is 0 Å². The van der Waals surface area contributed by atoms with Crippen LogP contribution in [0.2, 0.25) is 0 Å². The zero-order valence-corrected chi connectivity index (χ0v) is 10.7. The van der Waals surface area contributed by atoms with E-state index in [2.05, 4.69) is 10.0 Å². The molecule has 1 fully saturated rings. The van der Waals surface area contributed by atoms with E-state index >= 15 is 0 Å². The van der Waals surface area contributed by atoms with E-state index in [-0.39, 0.29) is 5.97 Å². The molecule has 0 aromatic carbocycles. The van der Waals surface area contributed by atoms with Gasteiger partial charge in [0.05, 0.1) is 5.41 Å². The van der Waals surface area contributed by atoms with E-state index in [1.807, 2.05) is 20.8 Å². The largest absolute Gasteiger partial charge is 0.367 e. The van der Waals surface area contributed by atoms with E-state index in [4.69, 9.17) is 10.4 Å². The molecule has 0 saturated carbocycles. The molecule has 0 amide bonds. The van der Waals surface area contributed by atoms with Crippen LogP contribution in [0.15, 0.2) is 5.11 Å². The summed E-state index contributed by atoms with van der Waals surface area (Å²) < 4.78 is 0. The predicted octanol–water partition coefficient (Wildman–Crippen LogP) is 2.51. The lowest BCUT2D eigenvalue weighted by atomic mass is 9.97. The summed E-state index contributed by atoms with van der Waals surface area (Å²) in [5.74, 6) is 0.210. The van der Waals surface area contributed by atoms with Crippen LogP contribution in [-0.2, 0) is 9.63 Å². The van der Waals surface area contributed by atoms with Gasteiger partial charge in [-0.3, -0.25) is 0 Å². The maximum Gasteiger partial charge on any atom is 0.330 e. The summed E-state index contributed by atoms with van der Waals surface area (Å²) in [7, 11) is 0. The number of nitrogens with zero attached hydrogens (tertiary/aromatic N) is 4. The summed E-state index contributed by atoms with van der Waals surface area (Å²) in [4.78, 5) is 19.7. The third-order valence-corrected chi connectivity index (χ3v) is 2.80. The van der Waals surface area contributed by atoms with Gasteiger partial charge in [-0.1, -0.05) is 5.11 Å². The van der Waals surface area contributed by atoms with E-state index in [1.165, 1.54) is 0 Å². The molecule has 96 valence electrons. The van der Waals surface area contributed by atoms with Gasteiger partial charge in [0.2, 0.25) is 0 Å². The van der Waals surface area contributed by atoms with Crippen LogP contribution >= 0.6 is 0 Å². The molecule has 6 heteroatoms. The number of piperidine rings is 1. The summed E-state index contributed by atoms with van der Waals surface area (Å²) in [6.07, 6.45) is 1.80. The molecular formula is C11H20N4O2. The number of hydrogen-bond donors (Lipinski definition) is 0. The normalized spacial score (nSPS) is 18.5. The molecule has 1 heterocycles. The van der Waals surface area contributed by atoms with E-state index in [0.717, 1.165) is 12.8 Å². The minimum atomic E-state index is -0.470. The molecule has 1 saturated heterocycles. The first kappa shape index (κ1) is 13.8. The first-order valence-corrected chi connectivity index (χ1v) is 5.91. The number of carbonyl (C=O) groups is 1. The fourth-order valence-corrected chi connectivity index (χ4v) is 1.59. The van der Waals surface area contributed by atoms with E-state index in [0.29, 0.717) is 25.6 Å². The smallest absolute Gasteiger partial charge is 0.330 e. The van der Waals surface area contributed by atoms with Crippen LogP contribution in [0, 0.1) is 11.3 Å². The van der Waals surface area contributed by atoms with Gasteiger partial charge in [-0.15, -0.1) is 5.06 Å². The summed E-state index contributed by atoms with van der Waals surface area (Å²) >= 11 is 0. The fraction of sp³-hybridized carbons (Fsp3) is 0.909. The van der Waals surface area contributed by atoms with Crippen molar-refractivity contribution in [3.05, 3.63) is 10.4 Å². The van der Waals surface area contributed by atoms with Crippen LogP contribution in [0.1, 0.15) is 33.6 Å². The number of carbonyl (C=O) groups excluding carboxylic acids is 1. The van der Waals surface area contributed by atoms with Gasteiger partial charge >= 0.3 is 5.97 Å². The molecule has 0 aliphatic carbocycles. The van der Waals surface area contributed by atoms with Crippen LogP contribution in [0.25, 0.3) is 10.4 Å². The van der Waals surface area contributed by atoms with Crippen molar-refractivity contribution in [3.8, 4) is 0 Å². The Morgan fingerprint density at radius 3 is 2.53 bits per heavy atom. The molecule has 17 heavy (non-hydrogen) atoms. The Balaban J connectivity index is 2.32. The van der Waals surface area contributed by atoms with Crippen molar-refractivity contribution in [1.82, 2.24) is 5.06 Å². The van der Waals surface area contributed by atoms with Crippen molar-refractivity contribution in [2.45, 2.75) is 33.6 Å². The molecule has 0 aromatic heterocycles. The van der Waals surface area contributed by atoms with Crippen molar-refractivity contribution >= 4 is 5.97 Å². The summed E-state index contributed by atoms with van der Waals surface area (Å²) in [6, 6.07) is 0. The molecule has 1 aliphatic heterocycles. The average Bonchev–Trinajstić information content (AvgIpc) is 2.27. The molecule has 0 unspecified atom stereocenters. The number of hydroxylamine groups is 2. The Labute approximate surface area is 102 Å². The van der Waals surface area contributed by atoms with Gasteiger partial charge in [0.1, 0.15) is 0 Å². The van der Waals surface area contributed by atoms with Crippen LogP contribution in [0.5, 0.6) is 0 Å². The highest BCUT2D eigenvalue weighted by Gasteiger charge is 2.28. The average molecular weight is 240 g/mol. The van der Waals surface area contributed by atoms with Gasteiger partial charge in [-0.05, 0) is 45.1 Å². The van der Waals surface area contributed by atoms with Crippen LogP contribution in [-0.4, -0.2) is 30.7 Å². The second-order valence-electron chi connectivity index (χ2n) is 5.41. The van der Waals surface area contributed by atoms with Crippen molar-refractivity contribution in [1.29, 1.82) is 0 Å². The quantitative estimate of drug-likeness (QED) is 0.432. The lowest BCUT2D eigenvalue weighted by Crippen LogP contribution is -2.39. The third-order valence-electron chi connectivity index (χ3n) is 2.80. The highest BCUT2D eigenvalue weighted by Crippen LogP contribution is 2.21. The van der Waals surface area contributed by atoms with Gasteiger partial charge in [-0.2, -0.15) is 0 Å². The molecule has 0 aromatic rings. The van der Waals surface area contributed by atoms with Gasteiger partial charge in [0.15, 0.2) is 0 Å². The van der Waals surface area contributed by atoms with Crippen LogP contribution in [0.3, 0.4) is 0 Å². The number of hydrogen-bond acceptors (Lipinski definition) is 4. The van der Waals surface area contributed by atoms with Crippen molar-refractivity contribution in [2.24, 2.45) is 16.4 Å². The first-order chi connectivity index (χ1) is 7.93. The minimum Gasteiger partial charge on any atom is -0.367 e. The first-order valence-electron chi connectivity index (χ1n) is 5.91. The Hall–Kier alpha value is -1.26. The van der Waals surface area contributed by atoms with Gasteiger partial charge in [0.25, 0.3) is 0 Å². The number of rotatable bonds is 3. The molecule has 0 bridgehead atoms. The second-order valence-corrected chi connectivity index (χ2v) is 5.41. The number of azide groups is 1. The van der Waals surface area contributed by atoms with Gasteiger partial charge in [-0.25, -0.2) is 4.79 Å². The Morgan fingerprint density at radius 1 is 1.47 bits per heavy atom. The zero-order chi connectivity index (χ0) is 12.9. The highest BCUT2D eigenvalue weighted by molar-refractivity contribution is 5.75. The molecule has 1 aliphatic rings. The van der Waals surface area contributed by atoms with Gasteiger partial charge in [0, 0.05) is 24.5 Å². The summed E-state index contributed by atoms with van der Waals surface area (Å²) in [5, 5.41) is 5.28. The predicted molar refractivity (Wildman–Crippen MR) is 63.9 cm³/mol. The lowest BCUT2D eigenvalue weighted by molar-refractivity contribution is -0.205. The van der Waals surface area contributed by atoms with E-state index < -0.39 is 5.41 Å². The molecule has 0 atom stereocenters. The van der Waals surface area contributed by atoms with Crippen LogP contribution < -0.4 is 0 Å². The van der Waals surface area contributed by atoms with Crippen LogP contribution in [0.4, 0.5) is 0 Å². The SMILES string of the molecule is CC(C)(C)C(=O)ON1CCC(CN=[N+]=[N-])CC1. The maximum atomic E-state index is 11.7. The Kier molecular flexibility index (Phi) is 4.78. The van der Waals surface area contributed by atoms with Gasteiger partial charge < -0.3 is 4.84 Å².